The number of anilines is 1. The zero-order valence-corrected chi connectivity index (χ0v) is 16.8. The minimum absolute atomic E-state index is 0.111. The maximum Gasteiger partial charge on any atom is 0.414 e. The smallest absolute Gasteiger partial charge is 0.414 e. The van der Waals surface area contributed by atoms with Crippen molar-refractivity contribution < 1.29 is 19.0 Å². The molecular formula is C22H23ClN2O4. The Morgan fingerprint density at radius 2 is 1.76 bits per heavy atom. The fraction of sp³-hybridized carbons (Fsp3) is 0.409. The van der Waals surface area contributed by atoms with Crippen LogP contribution in [0.5, 0.6) is 11.5 Å². The molecule has 0 spiro atoms. The summed E-state index contributed by atoms with van der Waals surface area (Å²) in [5.41, 5.74) is 2.14. The van der Waals surface area contributed by atoms with Gasteiger partial charge in [-0.3, -0.25) is 9.80 Å². The van der Waals surface area contributed by atoms with E-state index in [1.807, 2.05) is 18.2 Å². The molecule has 0 saturated carbocycles. The van der Waals surface area contributed by atoms with Crippen LogP contribution in [0.1, 0.15) is 24.3 Å². The third kappa shape index (κ3) is 3.87. The topological polar surface area (TPSA) is 51.2 Å². The maximum absolute atomic E-state index is 12.3. The number of cyclic esters (lactones) is 1. The number of rotatable bonds is 4. The van der Waals surface area contributed by atoms with Gasteiger partial charge in [-0.1, -0.05) is 17.7 Å². The van der Waals surface area contributed by atoms with Gasteiger partial charge in [0.2, 0.25) is 6.79 Å². The van der Waals surface area contributed by atoms with Crippen molar-refractivity contribution in [2.75, 3.05) is 37.9 Å². The molecule has 2 aromatic rings. The van der Waals surface area contributed by atoms with Crippen molar-refractivity contribution in [3.63, 3.8) is 0 Å². The molecule has 2 fully saturated rings. The van der Waals surface area contributed by atoms with Crippen LogP contribution in [-0.2, 0) is 4.74 Å². The fourth-order valence-corrected chi connectivity index (χ4v) is 4.48. The van der Waals surface area contributed by atoms with Crippen LogP contribution in [0.25, 0.3) is 0 Å². The Balaban J connectivity index is 1.15. The van der Waals surface area contributed by atoms with Crippen LogP contribution in [0.2, 0.25) is 5.02 Å². The number of amides is 1. The number of ether oxygens (including phenoxy) is 3. The maximum atomic E-state index is 12.3. The number of hydrogen-bond donors (Lipinski definition) is 0. The second-order valence-corrected chi connectivity index (χ2v) is 8.22. The van der Waals surface area contributed by atoms with E-state index in [4.69, 9.17) is 25.8 Å². The van der Waals surface area contributed by atoms with Gasteiger partial charge in [-0.2, -0.15) is 0 Å². The Kier molecular flexibility index (Phi) is 4.97. The first-order chi connectivity index (χ1) is 14.2. The standard InChI is InChI=1S/C22H23ClN2O4/c23-17-2-4-18(5-3-17)25-13-19(29-22(25)26)12-24-9-7-15(8-10-24)16-1-6-20-21(11-16)28-14-27-20/h1-6,11,15,19H,7-10,12-14H2. The molecule has 3 aliphatic rings. The van der Waals surface area contributed by atoms with E-state index in [-0.39, 0.29) is 12.2 Å². The van der Waals surface area contributed by atoms with Gasteiger partial charge in [0.15, 0.2) is 11.5 Å². The molecule has 0 radical (unpaired) electrons. The van der Waals surface area contributed by atoms with E-state index in [0.717, 1.165) is 49.7 Å². The van der Waals surface area contributed by atoms with Crippen LogP contribution < -0.4 is 14.4 Å². The van der Waals surface area contributed by atoms with Crippen LogP contribution >= 0.6 is 11.6 Å². The third-order valence-electron chi connectivity index (χ3n) is 5.93. The summed E-state index contributed by atoms with van der Waals surface area (Å²) in [5, 5.41) is 0.656. The molecule has 0 aliphatic carbocycles. The summed E-state index contributed by atoms with van der Waals surface area (Å²) in [6.45, 7) is 3.64. The molecule has 3 heterocycles. The molecular weight excluding hydrogens is 392 g/mol. The first kappa shape index (κ1) is 18.6. The highest BCUT2D eigenvalue weighted by Gasteiger charge is 2.34. The number of halogens is 1. The summed E-state index contributed by atoms with van der Waals surface area (Å²) in [6, 6.07) is 13.6. The largest absolute Gasteiger partial charge is 0.454 e. The lowest BCUT2D eigenvalue weighted by atomic mass is 9.89. The van der Waals surface area contributed by atoms with Crippen LogP contribution in [-0.4, -0.2) is 50.1 Å². The molecule has 5 rings (SSSR count). The monoisotopic (exact) mass is 414 g/mol. The molecule has 0 N–H and O–H groups in total. The molecule has 0 bridgehead atoms. The van der Waals surface area contributed by atoms with Crippen LogP contribution in [0.3, 0.4) is 0 Å². The van der Waals surface area contributed by atoms with E-state index in [1.165, 1.54) is 5.56 Å². The lowest BCUT2D eigenvalue weighted by Gasteiger charge is -2.33. The number of piperidine rings is 1. The summed E-state index contributed by atoms with van der Waals surface area (Å²) in [5.74, 6) is 2.21. The molecule has 7 heteroatoms. The highest BCUT2D eigenvalue weighted by molar-refractivity contribution is 6.30. The van der Waals surface area contributed by atoms with Gasteiger partial charge in [0.1, 0.15) is 6.10 Å². The second kappa shape index (κ2) is 7.76. The van der Waals surface area contributed by atoms with Crippen LogP contribution in [0.4, 0.5) is 10.5 Å². The fourth-order valence-electron chi connectivity index (χ4n) is 4.35. The lowest BCUT2D eigenvalue weighted by Crippen LogP contribution is -2.39. The predicted octanol–water partition coefficient (Wildman–Crippen LogP) is 4.27. The Hall–Kier alpha value is -2.44. The Morgan fingerprint density at radius 1 is 1.00 bits per heavy atom. The van der Waals surface area contributed by atoms with E-state index in [9.17, 15) is 4.79 Å². The number of hydrogen-bond acceptors (Lipinski definition) is 5. The van der Waals surface area contributed by atoms with Crippen molar-refractivity contribution in [2.24, 2.45) is 0 Å². The van der Waals surface area contributed by atoms with Gasteiger partial charge in [0.05, 0.1) is 6.54 Å². The number of likely N-dealkylation sites (tertiary alicyclic amines) is 1. The van der Waals surface area contributed by atoms with Crippen molar-refractivity contribution in [3.8, 4) is 11.5 Å². The van der Waals surface area contributed by atoms with Gasteiger partial charge in [-0.15, -0.1) is 0 Å². The summed E-state index contributed by atoms with van der Waals surface area (Å²) >= 11 is 5.94. The molecule has 1 amide bonds. The minimum atomic E-state index is -0.285. The quantitative estimate of drug-likeness (QED) is 0.747. The number of carbonyl (C=O) groups is 1. The van der Waals surface area contributed by atoms with Gasteiger partial charge in [0, 0.05) is 17.3 Å². The molecule has 1 atom stereocenters. The van der Waals surface area contributed by atoms with Gasteiger partial charge in [-0.05, 0) is 73.8 Å². The van der Waals surface area contributed by atoms with Crippen molar-refractivity contribution in [1.29, 1.82) is 0 Å². The van der Waals surface area contributed by atoms with Gasteiger partial charge in [-0.25, -0.2) is 4.79 Å². The van der Waals surface area contributed by atoms with E-state index in [1.54, 1.807) is 17.0 Å². The number of fused-ring (bicyclic) bond motifs is 1. The lowest BCUT2D eigenvalue weighted by molar-refractivity contribution is 0.0976. The Bertz CT molecular complexity index is 896. The molecule has 2 saturated heterocycles. The number of benzene rings is 2. The third-order valence-corrected chi connectivity index (χ3v) is 6.18. The molecule has 152 valence electrons. The minimum Gasteiger partial charge on any atom is -0.454 e. The highest BCUT2D eigenvalue weighted by Crippen LogP contribution is 2.37. The summed E-state index contributed by atoms with van der Waals surface area (Å²) in [6.07, 6.45) is 1.77. The molecule has 1 unspecified atom stereocenters. The van der Waals surface area contributed by atoms with Crippen molar-refractivity contribution in [2.45, 2.75) is 24.9 Å². The summed E-state index contributed by atoms with van der Waals surface area (Å²) in [4.78, 5) is 16.3. The normalized spacial score (nSPS) is 22.2. The zero-order valence-electron chi connectivity index (χ0n) is 16.1. The highest BCUT2D eigenvalue weighted by atomic mass is 35.5. The average molecular weight is 415 g/mol. The predicted molar refractivity (Wildman–Crippen MR) is 110 cm³/mol. The van der Waals surface area contributed by atoms with Crippen LogP contribution in [0, 0.1) is 0 Å². The summed E-state index contributed by atoms with van der Waals surface area (Å²) < 4.78 is 16.5. The van der Waals surface area contributed by atoms with Gasteiger partial charge in [0.25, 0.3) is 0 Å². The van der Waals surface area contributed by atoms with Gasteiger partial charge < -0.3 is 14.2 Å². The zero-order chi connectivity index (χ0) is 19.8. The Morgan fingerprint density at radius 3 is 2.55 bits per heavy atom. The Labute approximate surface area is 174 Å². The second-order valence-electron chi connectivity index (χ2n) is 7.78. The van der Waals surface area contributed by atoms with E-state index < -0.39 is 0 Å². The molecule has 6 nitrogen and oxygen atoms in total. The SMILES string of the molecule is O=C1OC(CN2CCC(c3ccc4c(c3)OCO4)CC2)CN1c1ccc(Cl)cc1. The molecule has 3 aliphatic heterocycles. The van der Waals surface area contributed by atoms with Gasteiger partial charge >= 0.3 is 6.09 Å². The number of nitrogens with zero attached hydrogens (tertiary/aromatic N) is 2. The molecule has 0 aromatic heterocycles. The summed E-state index contributed by atoms with van der Waals surface area (Å²) in [7, 11) is 0. The van der Waals surface area contributed by atoms with E-state index in [2.05, 4.69) is 17.0 Å². The van der Waals surface area contributed by atoms with E-state index in [0.29, 0.717) is 24.3 Å². The molecule has 29 heavy (non-hydrogen) atoms. The van der Waals surface area contributed by atoms with Crippen molar-refractivity contribution in [1.82, 2.24) is 4.90 Å². The number of carbonyl (C=O) groups excluding carboxylic acids is 1. The average Bonchev–Trinajstić information content (AvgIpc) is 3.35. The van der Waals surface area contributed by atoms with E-state index >= 15 is 0 Å². The van der Waals surface area contributed by atoms with Crippen molar-refractivity contribution in [3.05, 3.63) is 53.1 Å². The first-order valence-corrected chi connectivity index (χ1v) is 10.4. The van der Waals surface area contributed by atoms with Crippen LogP contribution in [0.15, 0.2) is 42.5 Å². The molecule has 2 aromatic carbocycles. The van der Waals surface area contributed by atoms with Crippen molar-refractivity contribution >= 4 is 23.4 Å². The first-order valence-electron chi connectivity index (χ1n) is 10.0.